The standard InChI is InChI=1S/C11H18N2/c1-8(2)10-7-5-6-9(3)11(10)13-12-4/h5-8,12-13H,1-4H3. The summed E-state index contributed by atoms with van der Waals surface area (Å²) in [7, 11) is 1.89. The summed E-state index contributed by atoms with van der Waals surface area (Å²) in [4.78, 5) is 0. The van der Waals surface area contributed by atoms with Crippen LogP contribution in [0.3, 0.4) is 0 Å². The van der Waals surface area contributed by atoms with Crippen molar-refractivity contribution in [1.82, 2.24) is 5.43 Å². The molecule has 2 N–H and O–H groups in total. The molecule has 0 aliphatic rings. The normalized spacial score (nSPS) is 10.5. The highest BCUT2D eigenvalue weighted by Gasteiger charge is 2.07. The Morgan fingerprint density at radius 1 is 1.23 bits per heavy atom. The Balaban J connectivity index is 3.09. The van der Waals surface area contributed by atoms with Crippen molar-refractivity contribution in [2.45, 2.75) is 26.7 Å². The minimum Gasteiger partial charge on any atom is -0.321 e. The Morgan fingerprint density at radius 3 is 2.46 bits per heavy atom. The number of hydrogen-bond acceptors (Lipinski definition) is 2. The van der Waals surface area contributed by atoms with E-state index in [9.17, 15) is 0 Å². The van der Waals surface area contributed by atoms with Crippen LogP contribution in [0.1, 0.15) is 30.9 Å². The molecule has 1 aromatic rings. The maximum atomic E-state index is 3.18. The second-order valence-corrected chi connectivity index (χ2v) is 3.57. The van der Waals surface area contributed by atoms with Gasteiger partial charge < -0.3 is 5.43 Å². The van der Waals surface area contributed by atoms with Crippen LogP contribution in [0.2, 0.25) is 0 Å². The lowest BCUT2D eigenvalue weighted by molar-refractivity contribution is 0.855. The fourth-order valence-electron chi connectivity index (χ4n) is 1.47. The summed E-state index contributed by atoms with van der Waals surface area (Å²) in [6, 6.07) is 6.38. The molecule has 1 aromatic carbocycles. The summed E-state index contributed by atoms with van der Waals surface area (Å²) in [5, 5.41) is 0. The number of aryl methyl sites for hydroxylation is 1. The van der Waals surface area contributed by atoms with E-state index in [1.54, 1.807) is 0 Å². The average molecular weight is 178 g/mol. The van der Waals surface area contributed by atoms with Gasteiger partial charge in [0.1, 0.15) is 0 Å². The van der Waals surface area contributed by atoms with Crippen LogP contribution in [0.4, 0.5) is 5.69 Å². The molecule has 0 aliphatic carbocycles. The summed E-state index contributed by atoms with van der Waals surface area (Å²) < 4.78 is 0. The third-order valence-corrected chi connectivity index (χ3v) is 2.18. The second kappa shape index (κ2) is 4.28. The zero-order chi connectivity index (χ0) is 9.84. The minimum absolute atomic E-state index is 0.552. The number of hydrazine groups is 1. The highest BCUT2D eigenvalue weighted by atomic mass is 15.3. The third kappa shape index (κ3) is 2.22. The lowest BCUT2D eigenvalue weighted by atomic mass is 9.98. The van der Waals surface area contributed by atoms with Gasteiger partial charge in [-0.3, -0.25) is 0 Å². The molecule has 0 fully saturated rings. The van der Waals surface area contributed by atoms with Gasteiger partial charge >= 0.3 is 0 Å². The Bertz CT molecular complexity index is 279. The monoisotopic (exact) mass is 178 g/mol. The maximum absolute atomic E-state index is 3.18. The van der Waals surface area contributed by atoms with Crippen molar-refractivity contribution in [3.05, 3.63) is 29.3 Å². The lowest BCUT2D eigenvalue weighted by Crippen LogP contribution is -2.17. The fourth-order valence-corrected chi connectivity index (χ4v) is 1.47. The van der Waals surface area contributed by atoms with E-state index in [-0.39, 0.29) is 0 Å². The fraction of sp³-hybridized carbons (Fsp3) is 0.455. The van der Waals surface area contributed by atoms with Crippen LogP contribution in [0.15, 0.2) is 18.2 Å². The molecule has 0 saturated carbocycles. The molecule has 72 valence electrons. The van der Waals surface area contributed by atoms with Gasteiger partial charge in [0.25, 0.3) is 0 Å². The molecule has 0 aliphatic heterocycles. The minimum atomic E-state index is 0.552. The first kappa shape index (κ1) is 10.1. The molecule has 0 heterocycles. The Labute approximate surface area is 80.3 Å². The van der Waals surface area contributed by atoms with E-state index in [1.807, 2.05) is 7.05 Å². The van der Waals surface area contributed by atoms with Crippen LogP contribution in [0.5, 0.6) is 0 Å². The molecule has 1 rings (SSSR count). The topological polar surface area (TPSA) is 24.1 Å². The van der Waals surface area contributed by atoms with Crippen molar-refractivity contribution in [2.24, 2.45) is 0 Å². The molecule has 0 aromatic heterocycles. The Hall–Kier alpha value is -1.02. The van der Waals surface area contributed by atoms with Crippen LogP contribution < -0.4 is 10.9 Å². The molecule has 2 heteroatoms. The first-order valence-electron chi connectivity index (χ1n) is 4.69. The van der Waals surface area contributed by atoms with Gasteiger partial charge in [-0.2, -0.15) is 0 Å². The number of rotatable bonds is 3. The molecule has 0 saturated heterocycles. The van der Waals surface area contributed by atoms with Crippen molar-refractivity contribution in [3.8, 4) is 0 Å². The van der Waals surface area contributed by atoms with Gasteiger partial charge in [-0.1, -0.05) is 32.0 Å². The highest BCUT2D eigenvalue weighted by molar-refractivity contribution is 5.57. The van der Waals surface area contributed by atoms with Crippen molar-refractivity contribution >= 4 is 5.69 Å². The van der Waals surface area contributed by atoms with Gasteiger partial charge in [0, 0.05) is 7.05 Å². The van der Waals surface area contributed by atoms with Gasteiger partial charge in [-0.05, 0) is 24.0 Å². The van der Waals surface area contributed by atoms with Gasteiger partial charge in [-0.25, -0.2) is 5.43 Å². The quantitative estimate of drug-likeness (QED) is 0.695. The van der Waals surface area contributed by atoms with Crippen LogP contribution in [0.25, 0.3) is 0 Å². The Kier molecular flexibility index (Phi) is 3.32. The summed E-state index contributed by atoms with van der Waals surface area (Å²) in [6.45, 7) is 6.52. The van der Waals surface area contributed by atoms with Crippen LogP contribution in [0, 0.1) is 6.92 Å². The van der Waals surface area contributed by atoms with Crippen LogP contribution >= 0.6 is 0 Å². The Morgan fingerprint density at radius 2 is 1.92 bits per heavy atom. The third-order valence-electron chi connectivity index (χ3n) is 2.18. The van der Waals surface area contributed by atoms with E-state index in [0.29, 0.717) is 5.92 Å². The molecule has 0 unspecified atom stereocenters. The zero-order valence-electron chi connectivity index (χ0n) is 8.81. The van der Waals surface area contributed by atoms with Crippen molar-refractivity contribution in [2.75, 3.05) is 12.5 Å². The number of nitrogens with one attached hydrogen (secondary N) is 2. The molecule has 0 spiro atoms. The number of para-hydroxylation sites is 1. The molecule has 0 atom stereocenters. The van der Waals surface area contributed by atoms with E-state index in [0.717, 1.165) is 0 Å². The summed E-state index contributed by atoms with van der Waals surface area (Å²) in [5.41, 5.74) is 9.99. The summed E-state index contributed by atoms with van der Waals surface area (Å²) in [5.74, 6) is 0.552. The SMILES string of the molecule is CNNc1c(C)cccc1C(C)C. The first-order chi connectivity index (χ1) is 6.16. The zero-order valence-corrected chi connectivity index (χ0v) is 8.81. The average Bonchev–Trinajstić information content (AvgIpc) is 2.08. The molecular weight excluding hydrogens is 160 g/mol. The molecule has 0 bridgehead atoms. The highest BCUT2D eigenvalue weighted by Crippen LogP contribution is 2.26. The molecule has 2 nitrogen and oxygen atoms in total. The van der Waals surface area contributed by atoms with Gasteiger partial charge in [0.2, 0.25) is 0 Å². The number of benzene rings is 1. The predicted octanol–water partition coefficient (Wildman–Crippen LogP) is 2.66. The molecular formula is C11H18N2. The van der Waals surface area contributed by atoms with E-state index in [4.69, 9.17) is 0 Å². The van der Waals surface area contributed by atoms with Crippen LogP contribution in [-0.2, 0) is 0 Å². The van der Waals surface area contributed by atoms with Crippen molar-refractivity contribution in [3.63, 3.8) is 0 Å². The molecule has 0 radical (unpaired) electrons. The second-order valence-electron chi connectivity index (χ2n) is 3.57. The lowest BCUT2D eigenvalue weighted by Gasteiger charge is -2.16. The van der Waals surface area contributed by atoms with Gasteiger partial charge in [0.05, 0.1) is 5.69 Å². The van der Waals surface area contributed by atoms with E-state index in [1.165, 1.54) is 16.8 Å². The number of hydrogen-bond donors (Lipinski definition) is 2. The molecule has 13 heavy (non-hydrogen) atoms. The van der Waals surface area contributed by atoms with Crippen LogP contribution in [-0.4, -0.2) is 7.05 Å². The number of anilines is 1. The van der Waals surface area contributed by atoms with Gasteiger partial charge in [0.15, 0.2) is 0 Å². The summed E-state index contributed by atoms with van der Waals surface area (Å²) >= 11 is 0. The van der Waals surface area contributed by atoms with Gasteiger partial charge in [-0.15, -0.1) is 0 Å². The van der Waals surface area contributed by atoms with Crippen molar-refractivity contribution < 1.29 is 0 Å². The van der Waals surface area contributed by atoms with E-state index < -0.39 is 0 Å². The van der Waals surface area contributed by atoms with E-state index >= 15 is 0 Å². The predicted molar refractivity (Wildman–Crippen MR) is 58.0 cm³/mol. The van der Waals surface area contributed by atoms with E-state index in [2.05, 4.69) is 49.8 Å². The summed E-state index contributed by atoms with van der Waals surface area (Å²) in [6.07, 6.45) is 0. The first-order valence-corrected chi connectivity index (χ1v) is 4.69. The largest absolute Gasteiger partial charge is 0.321 e. The maximum Gasteiger partial charge on any atom is 0.0551 e. The molecule has 0 amide bonds. The van der Waals surface area contributed by atoms with Crippen molar-refractivity contribution in [1.29, 1.82) is 0 Å². The smallest absolute Gasteiger partial charge is 0.0551 e.